The second kappa shape index (κ2) is 2.10. The quantitative estimate of drug-likeness (QED) is 0.319. The first-order valence-electron chi connectivity index (χ1n) is 2.90. The maximum atomic E-state index is 2.42. The highest BCUT2D eigenvalue weighted by molar-refractivity contribution is 6.08. The van der Waals surface area contributed by atoms with Gasteiger partial charge in [0, 0.05) is 20.7 Å². The molecule has 0 radical (unpaired) electrons. The maximum absolute atomic E-state index is 2.42. The molecule has 1 aliphatic rings. The van der Waals surface area contributed by atoms with E-state index in [0.29, 0.717) is 7.85 Å². The van der Waals surface area contributed by atoms with E-state index in [1.807, 2.05) is 0 Å². The molecule has 0 aliphatic carbocycles. The van der Waals surface area contributed by atoms with Crippen molar-refractivity contribution >= 4 is 7.85 Å². The Hall–Kier alpha value is 0.0249. The highest BCUT2D eigenvalue weighted by atomic mass is 15.3. The van der Waals surface area contributed by atoms with Crippen LogP contribution >= 0.6 is 0 Å². The van der Waals surface area contributed by atoms with Crippen LogP contribution in [-0.4, -0.2) is 38.9 Å². The number of hydrogen-bond donors (Lipinski definition) is 0. The van der Waals surface area contributed by atoms with Gasteiger partial charge in [0.1, 0.15) is 0 Å². The summed E-state index contributed by atoms with van der Waals surface area (Å²) in [6.07, 6.45) is 4.55. The molecule has 1 aliphatic heterocycles. The first-order valence-corrected chi connectivity index (χ1v) is 2.90. The minimum absolute atomic E-state index is 0.654. The van der Waals surface area contributed by atoms with Crippen molar-refractivity contribution in [3.8, 4) is 0 Å². The Kier molecular flexibility index (Phi) is 1.61. The van der Waals surface area contributed by atoms with Crippen LogP contribution in [0.1, 0.15) is 12.8 Å². The van der Waals surface area contributed by atoms with Gasteiger partial charge in [0.05, 0.1) is 20.1 Å². The lowest BCUT2D eigenvalue weighted by Crippen LogP contribution is -2.41. The molecule has 1 nitrogen and oxygen atoms in total. The Morgan fingerprint density at radius 2 is 1.88 bits per heavy atom. The van der Waals surface area contributed by atoms with Gasteiger partial charge in [0.15, 0.2) is 0 Å². The van der Waals surface area contributed by atoms with E-state index in [-0.39, 0.29) is 0 Å². The molecule has 0 unspecified atom stereocenters. The van der Waals surface area contributed by atoms with Gasteiger partial charge in [0.25, 0.3) is 0 Å². The third-order valence-corrected chi connectivity index (χ3v) is 1.65. The van der Waals surface area contributed by atoms with Gasteiger partial charge < -0.3 is 4.48 Å². The van der Waals surface area contributed by atoms with E-state index in [9.17, 15) is 0 Å². The van der Waals surface area contributed by atoms with E-state index in [1.54, 1.807) is 6.44 Å². The summed E-state index contributed by atoms with van der Waals surface area (Å²) in [5.41, 5.74) is 0. The fourth-order valence-corrected chi connectivity index (χ4v) is 1.10. The molecule has 0 aromatic rings. The van der Waals surface area contributed by atoms with E-state index >= 15 is 0 Å². The molecule has 0 spiro atoms. The maximum Gasteiger partial charge on any atom is 0.0761 e. The van der Waals surface area contributed by atoms with Crippen LogP contribution in [0.2, 0.25) is 0 Å². The molecule has 0 amide bonds. The summed E-state index contributed by atoms with van der Waals surface area (Å²) in [5, 5.41) is 0. The topological polar surface area (TPSA) is 0 Å². The van der Waals surface area contributed by atoms with Crippen LogP contribution in [0.15, 0.2) is 0 Å². The van der Waals surface area contributed by atoms with Gasteiger partial charge >= 0.3 is 0 Å². The van der Waals surface area contributed by atoms with Gasteiger partial charge in [-0.3, -0.25) is 0 Å². The molecule has 0 bridgehead atoms. The third kappa shape index (κ3) is 1.05. The molecule has 8 heavy (non-hydrogen) atoms. The lowest BCUT2D eigenvalue weighted by atomic mass is 10.1. The zero-order chi connectivity index (χ0) is 6.04. The SMILES string of the molecule is [BH3-]C[N+]1(C)CCCC1. The summed E-state index contributed by atoms with van der Waals surface area (Å²) in [6, 6.07) is 0. The van der Waals surface area contributed by atoms with Crippen molar-refractivity contribution in [2.24, 2.45) is 0 Å². The molecule has 0 aromatic heterocycles. The van der Waals surface area contributed by atoms with Gasteiger partial charge in [0.2, 0.25) is 0 Å². The molecule has 0 atom stereocenters. The first-order chi connectivity index (χ1) is 3.77. The van der Waals surface area contributed by atoms with Crippen LogP contribution in [0.4, 0.5) is 0 Å². The average Bonchev–Trinajstić information content (AvgIpc) is 2.17. The summed E-state index contributed by atoms with van der Waals surface area (Å²) in [7, 11) is 3.07. The monoisotopic (exact) mass is 113 g/mol. The first kappa shape index (κ1) is 6.15. The molecule has 1 fully saturated rings. The molecule has 1 rings (SSSR count). The lowest BCUT2D eigenvalue weighted by Gasteiger charge is -2.30. The van der Waals surface area contributed by atoms with E-state index in [4.69, 9.17) is 0 Å². The molecule has 0 N–H and O–H groups in total. The Labute approximate surface area is 52.7 Å². The van der Waals surface area contributed by atoms with Crippen molar-refractivity contribution in [1.29, 1.82) is 0 Å². The standard InChI is InChI=1S/C6H16BN/c1-8(6-7)4-2-3-5-8/h2-6H2,1,7H3. The zero-order valence-electron chi connectivity index (χ0n) is 4.98. The van der Waals surface area contributed by atoms with Crippen molar-refractivity contribution in [3.63, 3.8) is 0 Å². The fourth-order valence-electron chi connectivity index (χ4n) is 1.10. The Balaban J connectivity index is 2.40. The minimum atomic E-state index is 0.654. The summed E-state index contributed by atoms with van der Waals surface area (Å²) >= 11 is 0. The summed E-state index contributed by atoms with van der Waals surface area (Å²) in [5.74, 6) is 0. The van der Waals surface area contributed by atoms with Crippen molar-refractivity contribution in [2.45, 2.75) is 12.8 Å². The minimum Gasteiger partial charge on any atom is -0.357 e. The van der Waals surface area contributed by atoms with Crippen molar-refractivity contribution < 1.29 is 4.48 Å². The van der Waals surface area contributed by atoms with E-state index in [1.165, 1.54) is 30.4 Å². The molecule has 0 saturated carbocycles. The smallest absolute Gasteiger partial charge is 0.0761 e. The van der Waals surface area contributed by atoms with Crippen LogP contribution in [0.5, 0.6) is 0 Å². The van der Waals surface area contributed by atoms with Crippen LogP contribution in [0.3, 0.4) is 0 Å². The summed E-state index contributed by atoms with van der Waals surface area (Å²) < 4.78 is 1.43. The van der Waals surface area contributed by atoms with Gasteiger partial charge in [-0.05, 0) is 0 Å². The molecular formula is C6H16BN. The normalized spacial score (nSPS) is 26.2. The third-order valence-electron chi connectivity index (χ3n) is 1.65. The number of rotatable bonds is 1. The van der Waals surface area contributed by atoms with Crippen molar-refractivity contribution in [3.05, 3.63) is 0 Å². The van der Waals surface area contributed by atoms with Crippen LogP contribution in [0.25, 0.3) is 0 Å². The Morgan fingerprint density at radius 3 is 2.12 bits per heavy atom. The molecular weight excluding hydrogens is 96.9 g/mol. The fraction of sp³-hybridized carbons (Fsp3) is 1.00. The second-order valence-electron chi connectivity index (χ2n) is 2.77. The average molecular weight is 113 g/mol. The van der Waals surface area contributed by atoms with E-state index < -0.39 is 0 Å². The highest BCUT2D eigenvalue weighted by Crippen LogP contribution is 2.13. The Morgan fingerprint density at radius 1 is 1.38 bits per heavy atom. The number of nitrogens with zero attached hydrogens (tertiary/aromatic N) is 1. The predicted molar refractivity (Wildman–Crippen MR) is 40.0 cm³/mol. The van der Waals surface area contributed by atoms with Gasteiger partial charge in [-0.2, -0.15) is 0 Å². The van der Waals surface area contributed by atoms with Gasteiger partial charge in [-0.1, -0.05) is 6.44 Å². The molecule has 1 heterocycles. The highest BCUT2D eigenvalue weighted by Gasteiger charge is 2.21. The largest absolute Gasteiger partial charge is 0.357 e. The van der Waals surface area contributed by atoms with Crippen molar-refractivity contribution in [1.82, 2.24) is 0 Å². The second-order valence-corrected chi connectivity index (χ2v) is 2.77. The van der Waals surface area contributed by atoms with Gasteiger partial charge in [-0.15, -0.1) is 0 Å². The Bertz CT molecular complexity index is 76.6. The molecule has 48 valence electrons. The molecule has 1 saturated heterocycles. The summed E-state index contributed by atoms with van der Waals surface area (Å²) in [4.78, 5) is 0. The number of likely N-dealkylation sites (tertiary alicyclic amines) is 1. The van der Waals surface area contributed by atoms with E-state index in [0.717, 1.165) is 0 Å². The number of hydrogen-bond acceptors (Lipinski definition) is 0. The van der Waals surface area contributed by atoms with Crippen LogP contribution in [-0.2, 0) is 0 Å². The lowest BCUT2D eigenvalue weighted by molar-refractivity contribution is -0.886. The van der Waals surface area contributed by atoms with Crippen molar-refractivity contribution in [2.75, 3.05) is 26.6 Å². The van der Waals surface area contributed by atoms with Crippen LogP contribution < -0.4 is 0 Å². The summed E-state index contributed by atoms with van der Waals surface area (Å²) in [6.45, 7) is 2.95. The molecule has 2 heteroatoms. The predicted octanol–water partition coefficient (Wildman–Crippen LogP) is -0.450. The van der Waals surface area contributed by atoms with Crippen LogP contribution in [0, 0.1) is 0 Å². The zero-order valence-corrected chi connectivity index (χ0v) is 4.98. The van der Waals surface area contributed by atoms with E-state index in [2.05, 4.69) is 7.05 Å². The molecule has 0 aromatic carbocycles. The number of quaternary nitrogens is 1. The van der Waals surface area contributed by atoms with Gasteiger partial charge in [-0.25, -0.2) is 0 Å².